The predicted molar refractivity (Wildman–Crippen MR) is 107 cm³/mol. The molecular formula is C24H25FO2. The van der Waals surface area contributed by atoms with Gasteiger partial charge in [-0.2, -0.15) is 0 Å². The third-order valence-corrected chi connectivity index (χ3v) is 4.48. The Balaban J connectivity index is 1.59. The quantitative estimate of drug-likeness (QED) is 0.481. The van der Waals surface area contributed by atoms with Crippen molar-refractivity contribution in [3.05, 3.63) is 95.3 Å². The van der Waals surface area contributed by atoms with E-state index in [1.165, 1.54) is 23.3 Å². The van der Waals surface area contributed by atoms with E-state index < -0.39 is 0 Å². The summed E-state index contributed by atoms with van der Waals surface area (Å²) in [6, 6.07) is 22.3. The molecule has 3 heteroatoms. The highest BCUT2D eigenvalue weighted by molar-refractivity contribution is 5.34. The molecule has 3 aromatic carbocycles. The van der Waals surface area contributed by atoms with Crippen LogP contribution in [0.1, 0.15) is 30.5 Å². The molecule has 0 amide bonds. The number of halogens is 1. The fraction of sp³-hybridized carbons (Fsp3) is 0.250. The van der Waals surface area contributed by atoms with Gasteiger partial charge in [0.15, 0.2) is 0 Å². The van der Waals surface area contributed by atoms with Gasteiger partial charge >= 0.3 is 0 Å². The number of hydrogen-bond donors (Lipinski definition) is 0. The molecule has 0 N–H and O–H groups in total. The molecule has 0 heterocycles. The molecule has 3 aromatic rings. The van der Waals surface area contributed by atoms with E-state index in [2.05, 4.69) is 45.0 Å². The molecule has 0 aliphatic rings. The lowest BCUT2D eigenvalue weighted by molar-refractivity contribution is 0.0824. The Kier molecular flexibility index (Phi) is 5.92. The van der Waals surface area contributed by atoms with E-state index in [0.717, 1.165) is 5.56 Å². The van der Waals surface area contributed by atoms with Crippen LogP contribution in [-0.2, 0) is 16.8 Å². The molecule has 27 heavy (non-hydrogen) atoms. The normalized spacial score (nSPS) is 11.4. The van der Waals surface area contributed by atoms with Gasteiger partial charge in [0.05, 0.1) is 13.2 Å². The molecule has 0 saturated carbocycles. The predicted octanol–water partition coefficient (Wildman–Crippen LogP) is 6.42. The van der Waals surface area contributed by atoms with E-state index in [4.69, 9.17) is 9.47 Å². The zero-order chi connectivity index (χ0) is 19.3. The Morgan fingerprint density at radius 1 is 0.852 bits per heavy atom. The Labute approximate surface area is 160 Å². The second kappa shape index (κ2) is 8.36. The summed E-state index contributed by atoms with van der Waals surface area (Å²) in [5.74, 6) is 1.04. The topological polar surface area (TPSA) is 18.5 Å². The summed E-state index contributed by atoms with van der Waals surface area (Å²) in [6.45, 7) is 7.62. The number of hydrogen-bond acceptors (Lipinski definition) is 2. The maximum atomic E-state index is 13.0. The van der Waals surface area contributed by atoms with Crippen LogP contribution in [0.15, 0.2) is 72.8 Å². The van der Waals surface area contributed by atoms with Crippen molar-refractivity contribution in [1.82, 2.24) is 0 Å². The molecule has 0 saturated heterocycles. The van der Waals surface area contributed by atoms with E-state index in [0.29, 0.717) is 24.7 Å². The van der Waals surface area contributed by atoms with Crippen LogP contribution in [0.25, 0.3) is 0 Å². The summed E-state index contributed by atoms with van der Waals surface area (Å²) >= 11 is 0. The zero-order valence-corrected chi connectivity index (χ0v) is 16.0. The summed E-state index contributed by atoms with van der Waals surface area (Å²) in [5, 5.41) is 0. The first-order valence-corrected chi connectivity index (χ1v) is 9.10. The first-order valence-electron chi connectivity index (χ1n) is 9.10. The monoisotopic (exact) mass is 364 g/mol. The highest BCUT2D eigenvalue weighted by Gasteiger charge is 2.21. The van der Waals surface area contributed by atoms with Crippen LogP contribution in [0, 0.1) is 12.7 Å². The highest BCUT2D eigenvalue weighted by atomic mass is 19.1. The Morgan fingerprint density at radius 2 is 1.59 bits per heavy atom. The molecular weight excluding hydrogens is 339 g/mol. The van der Waals surface area contributed by atoms with E-state index in [1.54, 1.807) is 12.1 Å². The van der Waals surface area contributed by atoms with E-state index in [9.17, 15) is 4.39 Å². The van der Waals surface area contributed by atoms with Crippen molar-refractivity contribution in [1.29, 1.82) is 0 Å². The van der Waals surface area contributed by atoms with Crippen LogP contribution in [-0.4, -0.2) is 6.61 Å². The third-order valence-electron chi connectivity index (χ3n) is 4.48. The van der Waals surface area contributed by atoms with Gasteiger partial charge in [0.25, 0.3) is 0 Å². The fourth-order valence-corrected chi connectivity index (χ4v) is 2.91. The van der Waals surface area contributed by atoms with Crippen LogP contribution < -0.4 is 4.74 Å². The molecule has 0 radical (unpaired) electrons. The number of benzene rings is 3. The van der Waals surface area contributed by atoms with E-state index in [1.807, 2.05) is 24.3 Å². The maximum Gasteiger partial charge on any atom is 0.127 e. The zero-order valence-electron chi connectivity index (χ0n) is 16.0. The largest absolute Gasteiger partial charge is 0.457 e. The van der Waals surface area contributed by atoms with E-state index in [-0.39, 0.29) is 11.2 Å². The molecule has 0 aromatic heterocycles. The SMILES string of the molecule is Cc1cccc(C(C)(C)COCc2cccc(Oc3ccc(F)cc3)c2)c1. The minimum Gasteiger partial charge on any atom is -0.457 e. The van der Waals surface area contributed by atoms with Crippen LogP contribution >= 0.6 is 0 Å². The summed E-state index contributed by atoms with van der Waals surface area (Å²) in [5.41, 5.74) is 3.51. The van der Waals surface area contributed by atoms with Gasteiger partial charge in [0.2, 0.25) is 0 Å². The summed E-state index contributed by atoms with van der Waals surface area (Å²) in [7, 11) is 0. The second-order valence-corrected chi connectivity index (χ2v) is 7.45. The number of aryl methyl sites for hydroxylation is 1. The molecule has 0 fully saturated rings. The summed E-state index contributed by atoms with van der Waals surface area (Å²) in [6.07, 6.45) is 0. The maximum absolute atomic E-state index is 13.0. The first-order chi connectivity index (χ1) is 12.9. The molecule has 0 unspecified atom stereocenters. The van der Waals surface area contributed by atoms with Gasteiger partial charge in [-0.05, 0) is 54.4 Å². The van der Waals surface area contributed by atoms with Gasteiger partial charge in [-0.15, -0.1) is 0 Å². The lowest BCUT2D eigenvalue weighted by Crippen LogP contribution is -2.24. The number of ether oxygens (including phenoxy) is 2. The molecule has 0 spiro atoms. The van der Waals surface area contributed by atoms with Crippen molar-refractivity contribution in [3.63, 3.8) is 0 Å². The van der Waals surface area contributed by atoms with Gasteiger partial charge < -0.3 is 9.47 Å². The molecule has 0 aliphatic heterocycles. The molecule has 0 aliphatic carbocycles. The van der Waals surface area contributed by atoms with Crippen LogP contribution in [0.3, 0.4) is 0 Å². The van der Waals surface area contributed by atoms with Gasteiger partial charge in [0, 0.05) is 5.41 Å². The molecule has 140 valence electrons. The Hall–Kier alpha value is -2.65. The smallest absolute Gasteiger partial charge is 0.127 e. The van der Waals surface area contributed by atoms with Crippen LogP contribution in [0.5, 0.6) is 11.5 Å². The summed E-state index contributed by atoms with van der Waals surface area (Å²) in [4.78, 5) is 0. The van der Waals surface area contributed by atoms with Crippen LogP contribution in [0.2, 0.25) is 0 Å². The fourth-order valence-electron chi connectivity index (χ4n) is 2.91. The Morgan fingerprint density at radius 3 is 2.33 bits per heavy atom. The van der Waals surface area contributed by atoms with Crippen molar-refractivity contribution >= 4 is 0 Å². The van der Waals surface area contributed by atoms with Crippen molar-refractivity contribution in [2.75, 3.05) is 6.61 Å². The second-order valence-electron chi connectivity index (χ2n) is 7.45. The van der Waals surface area contributed by atoms with Gasteiger partial charge in [-0.25, -0.2) is 4.39 Å². The minimum absolute atomic E-state index is 0.0613. The van der Waals surface area contributed by atoms with Crippen molar-refractivity contribution < 1.29 is 13.9 Å². The van der Waals surface area contributed by atoms with Crippen molar-refractivity contribution in [2.45, 2.75) is 32.8 Å². The minimum atomic E-state index is -0.277. The first kappa shape index (κ1) is 19.1. The standard InChI is InChI=1S/C24H25FO2/c1-18-6-4-8-20(14-18)24(2,3)17-26-16-19-7-5-9-23(15-19)27-22-12-10-21(25)11-13-22/h4-15H,16-17H2,1-3H3. The van der Waals surface area contributed by atoms with Crippen LogP contribution in [0.4, 0.5) is 4.39 Å². The van der Waals surface area contributed by atoms with E-state index >= 15 is 0 Å². The molecule has 0 bridgehead atoms. The molecule has 3 rings (SSSR count). The average molecular weight is 364 g/mol. The molecule has 2 nitrogen and oxygen atoms in total. The van der Waals surface area contributed by atoms with Crippen molar-refractivity contribution in [3.8, 4) is 11.5 Å². The lowest BCUT2D eigenvalue weighted by atomic mass is 9.85. The summed E-state index contributed by atoms with van der Waals surface area (Å²) < 4.78 is 24.8. The Bertz CT molecular complexity index is 885. The third kappa shape index (κ3) is 5.41. The van der Waals surface area contributed by atoms with Gasteiger partial charge in [-0.3, -0.25) is 0 Å². The average Bonchev–Trinajstić information content (AvgIpc) is 2.64. The molecule has 0 atom stereocenters. The van der Waals surface area contributed by atoms with Gasteiger partial charge in [-0.1, -0.05) is 55.8 Å². The highest BCUT2D eigenvalue weighted by Crippen LogP contribution is 2.26. The van der Waals surface area contributed by atoms with Gasteiger partial charge in [0.1, 0.15) is 17.3 Å². The lowest BCUT2D eigenvalue weighted by Gasteiger charge is -2.25. The van der Waals surface area contributed by atoms with Crippen molar-refractivity contribution in [2.24, 2.45) is 0 Å². The number of rotatable bonds is 7.